The zero-order valence-corrected chi connectivity index (χ0v) is 8.04. The van der Waals surface area contributed by atoms with Crippen LogP contribution < -0.4 is 11.5 Å². The summed E-state index contributed by atoms with van der Waals surface area (Å²) in [6.07, 6.45) is 3.90. The summed E-state index contributed by atoms with van der Waals surface area (Å²) in [5, 5.41) is 0. The summed E-state index contributed by atoms with van der Waals surface area (Å²) < 4.78 is 0. The molecule has 0 aromatic heterocycles. The van der Waals surface area contributed by atoms with E-state index in [1.165, 1.54) is 6.42 Å². The molecule has 1 unspecified atom stereocenters. The molecule has 0 saturated carbocycles. The molecule has 0 aromatic carbocycles. The van der Waals surface area contributed by atoms with E-state index >= 15 is 0 Å². The normalized spacial score (nSPS) is 20.0. The summed E-state index contributed by atoms with van der Waals surface area (Å²) in [5.41, 5.74) is 11.0. The van der Waals surface area contributed by atoms with Crippen LogP contribution in [0.4, 0.5) is 0 Å². The van der Waals surface area contributed by atoms with Crippen LogP contribution in [0.5, 0.6) is 0 Å². The molecule has 1 aliphatic heterocycles. The number of carbonyl (C=O) groups excluding carboxylic acids is 1. The number of carbonyl (C=O) groups is 1. The van der Waals surface area contributed by atoms with Crippen LogP contribution in [-0.2, 0) is 4.79 Å². The van der Waals surface area contributed by atoms with Crippen molar-refractivity contribution in [2.75, 3.05) is 19.6 Å². The molecule has 4 heteroatoms. The van der Waals surface area contributed by atoms with Crippen LogP contribution in [0.15, 0.2) is 0 Å². The van der Waals surface area contributed by atoms with E-state index in [1.807, 2.05) is 4.90 Å². The number of hydrogen-bond acceptors (Lipinski definition) is 3. The number of nitrogens with two attached hydrogens (primary N) is 2. The van der Waals surface area contributed by atoms with Crippen LogP contribution in [-0.4, -0.2) is 36.5 Å². The first kappa shape index (κ1) is 10.5. The van der Waals surface area contributed by atoms with Gasteiger partial charge in [-0.15, -0.1) is 0 Å². The number of piperidine rings is 1. The Morgan fingerprint density at radius 2 is 1.92 bits per heavy atom. The molecule has 1 amide bonds. The zero-order chi connectivity index (χ0) is 9.68. The topological polar surface area (TPSA) is 72.3 Å². The third-order valence-electron chi connectivity index (χ3n) is 2.45. The number of nitrogens with zero attached hydrogens (tertiary/aromatic N) is 1. The second kappa shape index (κ2) is 5.19. The Hall–Kier alpha value is -0.610. The molecular formula is C9H19N3O. The predicted molar refractivity (Wildman–Crippen MR) is 52.1 cm³/mol. The molecule has 4 N–H and O–H groups in total. The summed E-state index contributed by atoms with van der Waals surface area (Å²) in [6.45, 7) is 2.19. The minimum atomic E-state index is -0.172. The van der Waals surface area contributed by atoms with Crippen molar-refractivity contribution in [3.05, 3.63) is 0 Å². The number of likely N-dealkylation sites (tertiary alicyclic amines) is 1. The lowest BCUT2D eigenvalue weighted by Crippen LogP contribution is -2.41. The van der Waals surface area contributed by atoms with Crippen molar-refractivity contribution in [2.45, 2.75) is 31.7 Å². The Morgan fingerprint density at radius 3 is 2.46 bits per heavy atom. The van der Waals surface area contributed by atoms with Gasteiger partial charge in [-0.2, -0.15) is 0 Å². The average Bonchev–Trinajstić information content (AvgIpc) is 2.19. The van der Waals surface area contributed by atoms with Gasteiger partial charge in [-0.3, -0.25) is 4.79 Å². The molecule has 0 spiro atoms. The van der Waals surface area contributed by atoms with Crippen molar-refractivity contribution in [1.82, 2.24) is 4.90 Å². The molecule has 0 radical (unpaired) electrons. The minimum absolute atomic E-state index is 0.164. The van der Waals surface area contributed by atoms with E-state index in [9.17, 15) is 4.79 Å². The van der Waals surface area contributed by atoms with Gasteiger partial charge < -0.3 is 16.4 Å². The smallest absolute Gasteiger partial charge is 0.224 e. The van der Waals surface area contributed by atoms with Crippen LogP contribution in [0.1, 0.15) is 25.7 Å². The molecule has 76 valence electrons. The van der Waals surface area contributed by atoms with E-state index in [0.717, 1.165) is 25.9 Å². The van der Waals surface area contributed by atoms with Crippen molar-refractivity contribution >= 4 is 5.91 Å². The van der Waals surface area contributed by atoms with Gasteiger partial charge in [0.05, 0.1) is 0 Å². The lowest BCUT2D eigenvalue weighted by atomic mass is 10.1. The van der Waals surface area contributed by atoms with Crippen LogP contribution in [0.25, 0.3) is 0 Å². The quantitative estimate of drug-likeness (QED) is 0.632. The highest BCUT2D eigenvalue weighted by Crippen LogP contribution is 2.10. The van der Waals surface area contributed by atoms with Gasteiger partial charge in [0.25, 0.3) is 0 Å². The zero-order valence-electron chi connectivity index (χ0n) is 8.04. The molecular weight excluding hydrogens is 166 g/mol. The van der Waals surface area contributed by atoms with Crippen LogP contribution in [0.3, 0.4) is 0 Å². The minimum Gasteiger partial charge on any atom is -0.343 e. The van der Waals surface area contributed by atoms with Crippen LogP contribution in [0.2, 0.25) is 0 Å². The van der Waals surface area contributed by atoms with Gasteiger partial charge in [-0.05, 0) is 19.3 Å². The second-order valence-electron chi connectivity index (χ2n) is 3.64. The first-order chi connectivity index (χ1) is 6.24. The fraction of sp³-hybridized carbons (Fsp3) is 0.889. The van der Waals surface area contributed by atoms with Gasteiger partial charge in [0.1, 0.15) is 0 Å². The predicted octanol–water partition coefficient (Wildman–Crippen LogP) is -0.325. The van der Waals surface area contributed by atoms with E-state index in [2.05, 4.69) is 0 Å². The van der Waals surface area contributed by atoms with E-state index < -0.39 is 0 Å². The molecule has 1 fully saturated rings. The molecule has 4 nitrogen and oxygen atoms in total. The van der Waals surface area contributed by atoms with E-state index in [-0.39, 0.29) is 11.9 Å². The molecule has 0 aliphatic carbocycles. The van der Waals surface area contributed by atoms with E-state index in [1.54, 1.807) is 0 Å². The highest BCUT2D eigenvalue weighted by Gasteiger charge is 2.17. The number of hydrogen-bond donors (Lipinski definition) is 2. The largest absolute Gasteiger partial charge is 0.343 e. The standard InChI is InChI=1S/C9H19N3O/c10-7-8(11)6-9(13)12-4-2-1-3-5-12/h8H,1-7,10-11H2. The first-order valence-corrected chi connectivity index (χ1v) is 4.97. The lowest BCUT2D eigenvalue weighted by molar-refractivity contribution is -0.132. The van der Waals surface area contributed by atoms with Crippen molar-refractivity contribution in [3.8, 4) is 0 Å². The van der Waals surface area contributed by atoms with Crippen molar-refractivity contribution in [3.63, 3.8) is 0 Å². The molecule has 1 rings (SSSR count). The summed E-state index contributed by atoms with van der Waals surface area (Å²) in [7, 11) is 0. The molecule has 13 heavy (non-hydrogen) atoms. The third kappa shape index (κ3) is 3.32. The van der Waals surface area contributed by atoms with Crippen molar-refractivity contribution in [1.29, 1.82) is 0 Å². The maximum Gasteiger partial charge on any atom is 0.224 e. The number of amides is 1. The van der Waals surface area contributed by atoms with Crippen LogP contribution in [0, 0.1) is 0 Å². The monoisotopic (exact) mass is 185 g/mol. The van der Waals surface area contributed by atoms with Crippen molar-refractivity contribution < 1.29 is 4.79 Å². The highest BCUT2D eigenvalue weighted by atomic mass is 16.2. The van der Waals surface area contributed by atoms with Gasteiger partial charge in [0, 0.05) is 32.1 Å². The van der Waals surface area contributed by atoms with Gasteiger partial charge in [-0.1, -0.05) is 0 Å². The second-order valence-corrected chi connectivity index (χ2v) is 3.64. The lowest BCUT2D eigenvalue weighted by Gasteiger charge is -2.27. The Balaban J connectivity index is 2.29. The molecule has 0 bridgehead atoms. The molecule has 1 heterocycles. The maximum absolute atomic E-state index is 11.6. The Bertz CT molecular complexity index is 166. The summed E-state index contributed by atoms with van der Waals surface area (Å²) >= 11 is 0. The third-order valence-corrected chi connectivity index (χ3v) is 2.45. The number of rotatable bonds is 3. The van der Waals surface area contributed by atoms with Gasteiger partial charge in [-0.25, -0.2) is 0 Å². The molecule has 1 atom stereocenters. The molecule has 0 aromatic rings. The Morgan fingerprint density at radius 1 is 1.31 bits per heavy atom. The highest BCUT2D eigenvalue weighted by molar-refractivity contribution is 5.76. The fourth-order valence-corrected chi connectivity index (χ4v) is 1.58. The summed E-state index contributed by atoms with van der Waals surface area (Å²) in [6, 6.07) is -0.172. The first-order valence-electron chi connectivity index (χ1n) is 4.97. The summed E-state index contributed by atoms with van der Waals surface area (Å²) in [4.78, 5) is 13.5. The van der Waals surface area contributed by atoms with Gasteiger partial charge in [0.2, 0.25) is 5.91 Å². The maximum atomic E-state index is 11.6. The molecule has 1 saturated heterocycles. The fourth-order valence-electron chi connectivity index (χ4n) is 1.58. The summed E-state index contributed by atoms with van der Waals surface area (Å²) in [5.74, 6) is 0.164. The Labute approximate surface area is 79.3 Å². The van der Waals surface area contributed by atoms with Crippen LogP contribution >= 0.6 is 0 Å². The Kier molecular flexibility index (Phi) is 4.18. The average molecular weight is 185 g/mol. The molecule has 1 aliphatic rings. The van der Waals surface area contributed by atoms with Crippen molar-refractivity contribution in [2.24, 2.45) is 11.5 Å². The SMILES string of the molecule is NCC(N)CC(=O)N1CCCCC1. The van der Waals surface area contributed by atoms with Gasteiger partial charge in [0.15, 0.2) is 0 Å². The van der Waals surface area contributed by atoms with E-state index in [4.69, 9.17) is 11.5 Å². The van der Waals surface area contributed by atoms with Gasteiger partial charge >= 0.3 is 0 Å². The van der Waals surface area contributed by atoms with E-state index in [0.29, 0.717) is 13.0 Å².